The molecule has 1 aromatic heterocycles. The van der Waals surface area contributed by atoms with Crippen molar-refractivity contribution in [1.29, 1.82) is 0 Å². The van der Waals surface area contributed by atoms with Gasteiger partial charge in [0, 0.05) is 0 Å². The molecular weight excluding hydrogens is 182 g/mol. The highest BCUT2D eigenvalue weighted by molar-refractivity contribution is 5.75. The summed E-state index contributed by atoms with van der Waals surface area (Å²) in [6.45, 7) is 0.0931. The highest BCUT2D eigenvalue weighted by atomic mass is 16.6. The number of hydrogen-bond donors (Lipinski definition) is 1. The lowest BCUT2D eigenvalue weighted by atomic mass is 10.3. The van der Waals surface area contributed by atoms with E-state index in [0.29, 0.717) is 0 Å². The van der Waals surface area contributed by atoms with Gasteiger partial charge in [0.15, 0.2) is 6.73 Å². The van der Waals surface area contributed by atoms with Gasteiger partial charge in [-0.3, -0.25) is 4.57 Å². The van der Waals surface area contributed by atoms with Crippen molar-refractivity contribution in [2.24, 2.45) is 5.73 Å². The molecule has 2 rings (SSSR count). The third-order valence-corrected chi connectivity index (χ3v) is 1.87. The van der Waals surface area contributed by atoms with Crippen LogP contribution in [0.1, 0.15) is 0 Å². The summed E-state index contributed by atoms with van der Waals surface area (Å²) < 4.78 is 6.36. The summed E-state index contributed by atoms with van der Waals surface area (Å²) in [4.78, 5) is 14.5. The quantitative estimate of drug-likeness (QED) is 0.772. The molecule has 0 unspecified atom stereocenters. The van der Waals surface area contributed by atoms with Gasteiger partial charge in [0.05, 0.1) is 17.4 Å². The summed E-state index contributed by atoms with van der Waals surface area (Å²) in [7, 11) is 0. The molecule has 0 aliphatic heterocycles. The first-order valence-electron chi connectivity index (χ1n) is 4.09. The van der Waals surface area contributed by atoms with E-state index >= 15 is 0 Å². The summed E-state index contributed by atoms with van der Waals surface area (Å²) in [5, 5.41) is 0. The van der Waals surface area contributed by atoms with Gasteiger partial charge in [-0.15, -0.1) is 0 Å². The van der Waals surface area contributed by atoms with Crippen LogP contribution in [0.3, 0.4) is 0 Å². The molecule has 2 N–H and O–H groups in total. The van der Waals surface area contributed by atoms with Crippen LogP contribution in [0.2, 0.25) is 0 Å². The monoisotopic (exact) mass is 191 g/mol. The van der Waals surface area contributed by atoms with Gasteiger partial charge in [0.1, 0.15) is 0 Å². The SMILES string of the molecule is NC(=O)OCn1cnc2ccccc21. The molecule has 0 saturated heterocycles. The molecule has 1 aromatic carbocycles. The second-order valence-corrected chi connectivity index (χ2v) is 2.80. The first-order chi connectivity index (χ1) is 6.77. The highest BCUT2D eigenvalue weighted by Crippen LogP contribution is 2.11. The van der Waals surface area contributed by atoms with Crippen molar-refractivity contribution in [3.63, 3.8) is 0 Å². The van der Waals surface area contributed by atoms with E-state index in [0.717, 1.165) is 11.0 Å². The molecule has 1 heterocycles. The normalized spacial score (nSPS) is 10.3. The number of carbonyl (C=O) groups is 1. The number of carbonyl (C=O) groups excluding carboxylic acids is 1. The average molecular weight is 191 g/mol. The van der Waals surface area contributed by atoms with Crippen LogP contribution >= 0.6 is 0 Å². The smallest absolute Gasteiger partial charge is 0.406 e. The summed E-state index contributed by atoms with van der Waals surface area (Å²) in [6.07, 6.45) is 0.816. The lowest BCUT2D eigenvalue weighted by Gasteiger charge is -2.02. The zero-order valence-corrected chi connectivity index (χ0v) is 7.38. The fourth-order valence-electron chi connectivity index (χ4n) is 1.25. The molecule has 5 nitrogen and oxygen atoms in total. The van der Waals surface area contributed by atoms with Gasteiger partial charge >= 0.3 is 6.09 Å². The highest BCUT2D eigenvalue weighted by Gasteiger charge is 2.01. The van der Waals surface area contributed by atoms with E-state index in [2.05, 4.69) is 9.72 Å². The van der Waals surface area contributed by atoms with E-state index in [1.807, 2.05) is 24.3 Å². The zero-order chi connectivity index (χ0) is 9.97. The molecule has 5 heteroatoms. The molecular formula is C9H9N3O2. The number of nitrogens with zero attached hydrogens (tertiary/aromatic N) is 2. The Kier molecular flexibility index (Phi) is 2.06. The fourth-order valence-corrected chi connectivity index (χ4v) is 1.25. The maximum absolute atomic E-state index is 10.4. The molecule has 14 heavy (non-hydrogen) atoms. The van der Waals surface area contributed by atoms with E-state index in [4.69, 9.17) is 5.73 Å². The third kappa shape index (κ3) is 1.52. The number of para-hydroxylation sites is 2. The number of amides is 1. The number of nitrogens with two attached hydrogens (primary N) is 1. The molecule has 72 valence electrons. The first-order valence-corrected chi connectivity index (χ1v) is 4.09. The summed E-state index contributed by atoms with van der Waals surface area (Å²) in [5.74, 6) is 0. The molecule has 0 saturated carbocycles. The van der Waals surface area contributed by atoms with Crippen LogP contribution in [-0.4, -0.2) is 15.6 Å². The minimum Gasteiger partial charge on any atom is -0.428 e. The maximum atomic E-state index is 10.4. The van der Waals surface area contributed by atoms with Crippen molar-refractivity contribution in [1.82, 2.24) is 9.55 Å². The topological polar surface area (TPSA) is 70.1 Å². The standard InChI is InChI=1S/C9H9N3O2/c10-9(13)14-6-12-5-11-7-3-1-2-4-8(7)12/h1-5H,6H2,(H2,10,13). The Morgan fingerprint density at radius 1 is 1.50 bits per heavy atom. The number of rotatable bonds is 2. The van der Waals surface area contributed by atoms with Crippen LogP contribution in [0.25, 0.3) is 11.0 Å². The molecule has 0 fully saturated rings. The van der Waals surface area contributed by atoms with Crippen molar-refractivity contribution < 1.29 is 9.53 Å². The van der Waals surface area contributed by atoms with Gasteiger partial charge in [0.25, 0.3) is 0 Å². The fraction of sp³-hybridized carbons (Fsp3) is 0.111. The van der Waals surface area contributed by atoms with Crippen molar-refractivity contribution in [2.45, 2.75) is 6.73 Å². The number of aromatic nitrogens is 2. The number of primary amides is 1. The van der Waals surface area contributed by atoms with Crippen LogP contribution in [0.5, 0.6) is 0 Å². The molecule has 1 amide bonds. The number of fused-ring (bicyclic) bond motifs is 1. The molecule has 2 aromatic rings. The van der Waals surface area contributed by atoms with Crippen LogP contribution in [-0.2, 0) is 11.5 Å². The predicted octanol–water partition coefficient (Wildman–Crippen LogP) is 1.09. The minimum absolute atomic E-state index is 0.0931. The largest absolute Gasteiger partial charge is 0.428 e. The Morgan fingerprint density at radius 3 is 3.07 bits per heavy atom. The lowest BCUT2D eigenvalue weighted by molar-refractivity contribution is 0.125. The van der Waals surface area contributed by atoms with Crippen molar-refractivity contribution in [3.8, 4) is 0 Å². The van der Waals surface area contributed by atoms with Gasteiger partial charge in [-0.2, -0.15) is 0 Å². The van der Waals surface area contributed by atoms with E-state index in [9.17, 15) is 4.79 Å². The molecule has 0 spiro atoms. The molecule has 0 aliphatic carbocycles. The zero-order valence-electron chi connectivity index (χ0n) is 7.38. The second-order valence-electron chi connectivity index (χ2n) is 2.80. The molecule has 0 atom stereocenters. The maximum Gasteiger partial charge on any atom is 0.406 e. The molecule has 0 aliphatic rings. The van der Waals surface area contributed by atoms with Gasteiger partial charge in [-0.25, -0.2) is 9.78 Å². The summed E-state index contributed by atoms with van der Waals surface area (Å²) >= 11 is 0. The first kappa shape index (κ1) is 8.55. The van der Waals surface area contributed by atoms with Gasteiger partial charge in [0.2, 0.25) is 0 Å². The summed E-state index contributed by atoms with van der Waals surface area (Å²) in [6, 6.07) is 7.57. The summed E-state index contributed by atoms with van der Waals surface area (Å²) in [5.41, 5.74) is 6.63. The Balaban J connectivity index is 2.29. The Hall–Kier alpha value is -2.04. The Bertz CT molecular complexity index is 464. The third-order valence-electron chi connectivity index (χ3n) is 1.87. The molecule has 0 bridgehead atoms. The van der Waals surface area contributed by atoms with Crippen molar-refractivity contribution >= 4 is 17.1 Å². The van der Waals surface area contributed by atoms with E-state index < -0.39 is 6.09 Å². The van der Waals surface area contributed by atoms with Crippen molar-refractivity contribution in [3.05, 3.63) is 30.6 Å². The van der Waals surface area contributed by atoms with Crippen LogP contribution in [0, 0.1) is 0 Å². The average Bonchev–Trinajstić information content (AvgIpc) is 2.58. The predicted molar refractivity (Wildman–Crippen MR) is 50.4 cm³/mol. The number of hydrogen-bond acceptors (Lipinski definition) is 3. The number of benzene rings is 1. The van der Waals surface area contributed by atoms with Crippen molar-refractivity contribution in [2.75, 3.05) is 0 Å². The van der Waals surface area contributed by atoms with Gasteiger partial charge < -0.3 is 10.5 Å². The van der Waals surface area contributed by atoms with E-state index in [1.54, 1.807) is 10.9 Å². The number of ether oxygens (including phenoxy) is 1. The molecule has 0 radical (unpaired) electrons. The van der Waals surface area contributed by atoms with Gasteiger partial charge in [-0.05, 0) is 12.1 Å². The number of imidazole rings is 1. The van der Waals surface area contributed by atoms with Gasteiger partial charge in [-0.1, -0.05) is 12.1 Å². The Labute approximate surface area is 80.1 Å². The van der Waals surface area contributed by atoms with Crippen LogP contribution in [0.4, 0.5) is 4.79 Å². The second kappa shape index (κ2) is 3.37. The van der Waals surface area contributed by atoms with Crippen LogP contribution in [0.15, 0.2) is 30.6 Å². The Morgan fingerprint density at radius 2 is 2.29 bits per heavy atom. The van der Waals surface area contributed by atoms with E-state index in [1.165, 1.54) is 0 Å². The minimum atomic E-state index is -0.789. The lowest BCUT2D eigenvalue weighted by Crippen LogP contribution is -2.15. The van der Waals surface area contributed by atoms with Crippen LogP contribution < -0.4 is 5.73 Å². The van der Waals surface area contributed by atoms with E-state index in [-0.39, 0.29) is 6.73 Å².